The number of hydrogen-bond donors (Lipinski definition) is 1. The number of hydrogen-bond acceptors (Lipinski definition) is 4. The molecule has 2 rings (SSSR count). The summed E-state index contributed by atoms with van der Waals surface area (Å²) in [5, 5.41) is 0. The van der Waals surface area contributed by atoms with Gasteiger partial charge in [-0.1, -0.05) is 15.9 Å². The summed E-state index contributed by atoms with van der Waals surface area (Å²) in [5.74, 6) is 0.373. The minimum absolute atomic E-state index is 0.138. The third-order valence-corrected chi connectivity index (χ3v) is 3.83. The maximum atomic E-state index is 11.8. The van der Waals surface area contributed by atoms with Crippen LogP contribution in [0.15, 0.2) is 27.1 Å². The van der Waals surface area contributed by atoms with Gasteiger partial charge in [-0.3, -0.25) is 4.57 Å². The van der Waals surface area contributed by atoms with Crippen LogP contribution in [0.25, 0.3) is 5.69 Å². The van der Waals surface area contributed by atoms with E-state index < -0.39 is 5.97 Å². The van der Waals surface area contributed by atoms with Crippen molar-refractivity contribution in [2.45, 2.75) is 13.8 Å². The number of imidazole rings is 1. The number of nitrogens with zero attached hydrogens (tertiary/aromatic N) is 2. The van der Waals surface area contributed by atoms with E-state index in [1.54, 1.807) is 18.4 Å². The van der Waals surface area contributed by atoms with Crippen LogP contribution in [0.1, 0.15) is 23.2 Å². The Hall–Kier alpha value is -1.34. The Morgan fingerprint density at radius 1 is 1.45 bits per heavy atom. The summed E-state index contributed by atoms with van der Waals surface area (Å²) in [7, 11) is 0. The van der Waals surface area contributed by atoms with Crippen molar-refractivity contribution < 1.29 is 9.53 Å². The highest BCUT2D eigenvalue weighted by Gasteiger charge is 2.21. The number of ether oxygens (including phenoxy) is 1. The number of carbonyl (C=O) groups excluding carboxylic acids is 1. The second-order valence-corrected chi connectivity index (χ2v) is 5.81. The molecule has 0 amide bonds. The second kappa shape index (κ2) is 5.97. The molecule has 0 saturated carbocycles. The maximum absolute atomic E-state index is 11.8. The first kappa shape index (κ1) is 15.1. The number of aromatic nitrogens is 2. The zero-order valence-electron chi connectivity index (χ0n) is 11.0. The molecule has 0 aliphatic carbocycles. The Morgan fingerprint density at radius 3 is 2.75 bits per heavy atom. The fourth-order valence-electron chi connectivity index (χ4n) is 1.87. The highest BCUT2D eigenvalue weighted by molar-refractivity contribution is 9.11. The lowest BCUT2D eigenvalue weighted by atomic mass is 10.3. The third-order valence-electron chi connectivity index (χ3n) is 2.70. The van der Waals surface area contributed by atoms with Crippen molar-refractivity contribution in [3.8, 4) is 5.69 Å². The minimum Gasteiger partial charge on any atom is -0.461 e. The monoisotopic (exact) mass is 401 g/mol. The fourth-order valence-corrected chi connectivity index (χ4v) is 3.09. The normalized spacial score (nSPS) is 10.6. The van der Waals surface area contributed by atoms with Gasteiger partial charge in [0, 0.05) is 8.95 Å². The largest absolute Gasteiger partial charge is 0.461 e. The molecular formula is C13H13Br2N3O2. The summed E-state index contributed by atoms with van der Waals surface area (Å²) >= 11 is 6.87. The molecule has 1 aromatic heterocycles. The van der Waals surface area contributed by atoms with Crippen molar-refractivity contribution >= 4 is 43.6 Å². The minimum atomic E-state index is -0.514. The highest BCUT2D eigenvalue weighted by Crippen LogP contribution is 2.29. The molecule has 1 aromatic carbocycles. The number of carbonyl (C=O) groups is 1. The van der Waals surface area contributed by atoms with Crippen LogP contribution in [0.5, 0.6) is 0 Å². The van der Waals surface area contributed by atoms with Crippen LogP contribution >= 0.6 is 31.9 Å². The smallest absolute Gasteiger partial charge is 0.360 e. The van der Waals surface area contributed by atoms with Crippen LogP contribution < -0.4 is 5.73 Å². The van der Waals surface area contributed by atoms with E-state index in [0.29, 0.717) is 5.82 Å². The number of halogens is 2. The molecule has 0 unspecified atom stereocenters. The van der Waals surface area contributed by atoms with E-state index >= 15 is 0 Å². The van der Waals surface area contributed by atoms with Crippen molar-refractivity contribution in [2.75, 3.05) is 12.3 Å². The third kappa shape index (κ3) is 2.73. The van der Waals surface area contributed by atoms with E-state index in [-0.39, 0.29) is 18.1 Å². The van der Waals surface area contributed by atoms with Crippen LogP contribution in [0, 0.1) is 6.92 Å². The molecule has 2 N–H and O–H groups in total. The van der Waals surface area contributed by atoms with E-state index in [1.165, 1.54) is 0 Å². The van der Waals surface area contributed by atoms with Crippen molar-refractivity contribution in [1.29, 1.82) is 0 Å². The van der Waals surface area contributed by atoms with Crippen LogP contribution in [0.2, 0.25) is 0 Å². The topological polar surface area (TPSA) is 70.1 Å². The van der Waals surface area contributed by atoms with Gasteiger partial charge in [0.1, 0.15) is 11.6 Å². The maximum Gasteiger partial charge on any atom is 0.360 e. The first-order valence-corrected chi connectivity index (χ1v) is 7.51. The fraction of sp³-hybridized carbons (Fsp3) is 0.231. The molecular weight excluding hydrogens is 390 g/mol. The first-order valence-electron chi connectivity index (χ1n) is 5.93. The van der Waals surface area contributed by atoms with Gasteiger partial charge < -0.3 is 10.5 Å². The molecule has 0 aliphatic heterocycles. The lowest BCUT2D eigenvalue weighted by Crippen LogP contribution is -2.09. The van der Waals surface area contributed by atoms with Crippen LogP contribution in [0.4, 0.5) is 5.82 Å². The lowest BCUT2D eigenvalue weighted by molar-refractivity contribution is 0.0521. The van der Waals surface area contributed by atoms with Gasteiger partial charge in [-0.25, -0.2) is 9.78 Å². The van der Waals surface area contributed by atoms with Gasteiger partial charge in [0.25, 0.3) is 0 Å². The molecule has 0 spiro atoms. The van der Waals surface area contributed by atoms with Crippen molar-refractivity contribution in [3.63, 3.8) is 0 Å². The molecule has 0 radical (unpaired) electrons. The predicted octanol–water partition coefficient (Wildman–Crippen LogP) is 3.46. The van der Waals surface area contributed by atoms with E-state index in [2.05, 4.69) is 36.8 Å². The van der Waals surface area contributed by atoms with E-state index in [9.17, 15) is 4.79 Å². The van der Waals surface area contributed by atoms with Gasteiger partial charge in [0.2, 0.25) is 0 Å². The van der Waals surface area contributed by atoms with Crippen molar-refractivity contribution in [1.82, 2.24) is 9.55 Å². The molecule has 20 heavy (non-hydrogen) atoms. The van der Waals surface area contributed by atoms with Crippen LogP contribution in [-0.4, -0.2) is 22.1 Å². The Labute approximate surface area is 133 Å². The van der Waals surface area contributed by atoms with Gasteiger partial charge in [-0.15, -0.1) is 0 Å². The number of benzene rings is 1. The molecule has 1 heterocycles. The van der Waals surface area contributed by atoms with Gasteiger partial charge in [-0.2, -0.15) is 0 Å². The number of rotatable bonds is 3. The van der Waals surface area contributed by atoms with Crippen LogP contribution in [-0.2, 0) is 4.74 Å². The Bertz CT molecular complexity index is 668. The Balaban J connectivity index is 2.55. The number of anilines is 1. The molecule has 5 nitrogen and oxygen atoms in total. The van der Waals surface area contributed by atoms with Gasteiger partial charge >= 0.3 is 5.97 Å². The number of aryl methyl sites for hydroxylation is 1. The second-order valence-electron chi connectivity index (χ2n) is 4.04. The number of nitrogen functional groups attached to an aromatic ring is 1. The van der Waals surface area contributed by atoms with E-state index in [1.807, 2.05) is 18.2 Å². The Morgan fingerprint density at radius 2 is 2.15 bits per heavy atom. The van der Waals surface area contributed by atoms with E-state index in [4.69, 9.17) is 10.5 Å². The molecule has 0 saturated heterocycles. The predicted molar refractivity (Wildman–Crippen MR) is 84.1 cm³/mol. The zero-order valence-corrected chi connectivity index (χ0v) is 14.2. The summed E-state index contributed by atoms with van der Waals surface area (Å²) in [4.78, 5) is 16.0. The lowest BCUT2D eigenvalue weighted by Gasteiger charge is -2.10. The number of esters is 1. The molecule has 0 bridgehead atoms. The van der Waals surface area contributed by atoms with E-state index in [0.717, 1.165) is 14.6 Å². The average Bonchev–Trinajstić information content (AvgIpc) is 2.66. The molecule has 7 heteroatoms. The Kier molecular flexibility index (Phi) is 4.49. The molecule has 0 fully saturated rings. The zero-order chi connectivity index (χ0) is 14.9. The summed E-state index contributed by atoms with van der Waals surface area (Å²) in [6, 6.07) is 5.68. The summed E-state index contributed by atoms with van der Waals surface area (Å²) < 4.78 is 8.44. The molecule has 106 valence electrons. The van der Waals surface area contributed by atoms with Gasteiger partial charge in [0.15, 0.2) is 5.69 Å². The van der Waals surface area contributed by atoms with Crippen molar-refractivity contribution in [2.24, 2.45) is 0 Å². The summed E-state index contributed by atoms with van der Waals surface area (Å²) in [5.41, 5.74) is 6.99. The van der Waals surface area contributed by atoms with Crippen LogP contribution in [0.3, 0.4) is 0 Å². The van der Waals surface area contributed by atoms with Crippen molar-refractivity contribution in [3.05, 3.63) is 38.7 Å². The summed E-state index contributed by atoms with van der Waals surface area (Å²) in [6.07, 6.45) is 0. The van der Waals surface area contributed by atoms with Gasteiger partial charge in [-0.05, 0) is 48.0 Å². The molecule has 2 aromatic rings. The summed E-state index contributed by atoms with van der Waals surface area (Å²) in [6.45, 7) is 3.81. The number of nitrogens with two attached hydrogens (primary N) is 1. The standard InChI is InChI=1S/C13H13Br2N3O2/c1-3-20-13(19)11-12(16)18(7(2)17-11)10-5-4-8(14)6-9(10)15/h4-6H,3,16H2,1-2H3. The quantitative estimate of drug-likeness (QED) is 0.798. The highest BCUT2D eigenvalue weighted by atomic mass is 79.9. The average molecular weight is 403 g/mol. The SMILES string of the molecule is CCOC(=O)c1nc(C)n(-c2ccc(Br)cc2Br)c1N. The molecule has 0 atom stereocenters. The first-order chi connectivity index (χ1) is 9.45. The van der Waals surface area contributed by atoms with Gasteiger partial charge in [0.05, 0.1) is 12.3 Å². The molecule has 0 aliphatic rings.